The second-order valence-electron chi connectivity index (χ2n) is 4.29. The van der Waals surface area contributed by atoms with Crippen molar-refractivity contribution >= 4 is 17.5 Å². The molecule has 5 nitrogen and oxygen atoms in total. The Balaban J connectivity index is 2.41. The number of carbonyl (C=O) groups excluding carboxylic acids is 2. The van der Waals surface area contributed by atoms with E-state index in [-0.39, 0.29) is 5.91 Å². The second kappa shape index (κ2) is 3.76. The van der Waals surface area contributed by atoms with E-state index in [0.717, 1.165) is 0 Å². The highest BCUT2D eigenvalue weighted by Crippen LogP contribution is 2.33. The lowest BCUT2D eigenvalue weighted by molar-refractivity contribution is -0.152. The van der Waals surface area contributed by atoms with Gasteiger partial charge in [-0.1, -0.05) is 12.1 Å². The van der Waals surface area contributed by atoms with E-state index in [0.29, 0.717) is 11.4 Å². The van der Waals surface area contributed by atoms with E-state index in [9.17, 15) is 9.59 Å². The molecule has 1 unspecified atom stereocenters. The third kappa shape index (κ3) is 1.73. The van der Waals surface area contributed by atoms with Crippen LogP contribution in [0.15, 0.2) is 24.3 Å². The van der Waals surface area contributed by atoms with E-state index in [1.54, 1.807) is 38.4 Å². The molecule has 2 amide bonds. The van der Waals surface area contributed by atoms with Gasteiger partial charge in [-0.2, -0.15) is 0 Å². The molecule has 1 aromatic rings. The van der Waals surface area contributed by atoms with Crippen molar-refractivity contribution in [2.75, 3.05) is 19.4 Å². The van der Waals surface area contributed by atoms with Crippen molar-refractivity contribution in [2.24, 2.45) is 0 Å². The fourth-order valence-corrected chi connectivity index (χ4v) is 1.73. The number of hydrogen-bond donors (Lipinski definition) is 1. The zero-order chi connectivity index (χ0) is 12.6. The zero-order valence-electron chi connectivity index (χ0n) is 9.98. The smallest absolute Gasteiger partial charge is 0.278 e. The van der Waals surface area contributed by atoms with Crippen molar-refractivity contribution < 1.29 is 14.3 Å². The van der Waals surface area contributed by atoms with E-state index in [1.807, 2.05) is 0 Å². The molecule has 1 heterocycles. The minimum absolute atomic E-state index is 0.385. The number of benzene rings is 1. The van der Waals surface area contributed by atoms with Crippen LogP contribution in [-0.4, -0.2) is 36.4 Å². The Morgan fingerprint density at radius 2 is 2.00 bits per heavy atom. The first-order valence-corrected chi connectivity index (χ1v) is 5.26. The van der Waals surface area contributed by atoms with E-state index < -0.39 is 11.5 Å². The van der Waals surface area contributed by atoms with Crippen LogP contribution in [0.3, 0.4) is 0 Å². The molecule has 5 heteroatoms. The number of anilines is 1. The van der Waals surface area contributed by atoms with E-state index in [2.05, 4.69) is 5.32 Å². The Morgan fingerprint density at radius 3 is 2.65 bits per heavy atom. The standard InChI is InChI=1S/C12H14N2O3/c1-12(11(16)14(2)3)10(15)13-8-6-4-5-7-9(8)17-12/h4-7H,1-3H3,(H,13,15). The minimum atomic E-state index is -1.50. The van der Waals surface area contributed by atoms with Crippen LogP contribution in [0.2, 0.25) is 0 Å². The van der Waals surface area contributed by atoms with Crippen LogP contribution >= 0.6 is 0 Å². The van der Waals surface area contributed by atoms with Crippen LogP contribution in [0.5, 0.6) is 5.75 Å². The Bertz CT molecular complexity index is 484. The molecule has 0 radical (unpaired) electrons. The number of nitrogens with one attached hydrogen (secondary N) is 1. The van der Waals surface area contributed by atoms with Crippen molar-refractivity contribution in [3.63, 3.8) is 0 Å². The maximum absolute atomic E-state index is 12.0. The van der Waals surface area contributed by atoms with E-state index >= 15 is 0 Å². The Labute approximate surface area is 99.4 Å². The maximum Gasteiger partial charge on any atom is 0.278 e. The average Bonchev–Trinajstić information content (AvgIpc) is 2.29. The Morgan fingerprint density at radius 1 is 1.35 bits per heavy atom. The summed E-state index contributed by atoms with van der Waals surface area (Å²) in [7, 11) is 3.18. The van der Waals surface area contributed by atoms with Crippen molar-refractivity contribution in [3.8, 4) is 5.75 Å². The highest BCUT2D eigenvalue weighted by Gasteiger charge is 2.47. The molecule has 0 saturated heterocycles. The molecular weight excluding hydrogens is 220 g/mol. The molecule has 1 aliphatic rings. The molecule has 1 aliphatic heterocycles. The van der Waals surface area contributed by atoms with Crippen molar-refractivity contribution in [2.45, 2.75) is 12.5 Å². The molecule has 0 saturated carbocycles. The Hall–Kier alpha value is -2.04. The number of fused-ring (bicyclic) bond motifs is 1. The summed E-state index contributed by atoms with van der Waals surface area (Å²) >= 11 is 0. The predicted octanol–water partition coefficient (Wildman–Crippen LogP) is 0.864. The van der Waals surface area contributed by atoms with Crippen molar-refractivity contribution in [1.82, 2.24) is 4.90 Å². The average molecular weight is 234 g/mol. The lowest BCUT2D eigenvalue weighted by Gasteiger charge is -2.34. The van der Waals surface area contributed by atoms with Gasteiger partial charge in [-0.25, -0.2) is 0 Å². The van der Waals surface area contributed by atoms with Gasteiger partial charge in [0.25, 0.3) is 17.4 Å². The van der Waals surface area contributed by atoms with Gasteiger partial charge in [-0.15, -0.1) is 0 Å². The maximum atomic E-state index is 12.0. The van der Waals surface area contributed by atoms with E-state index in [1.165, 1.54) is 11.8 Å². The number of ether oxygens (including phenoxy) is 1. The molecule has 2 rings (SSSR count). The molecule has 0 fully saturated rings. The van der Waals surface area contributed by atoms with Crippen LogP contribution in [0.4, 0.5) is 5.69 Å². The summed E-state index contributed by atoms with van der Waals surface area (Å²) in [6, 6.07) is 7.03. The van der Waals surface area contributed by atoms with Crippen LogP contribution in [-0.2, 0) is 9.59 Å². The van der Waals surface area contributed by atoms with Gasteiger partial charge in [0.15, 0.2) is 0 Å². The van der Waals surface area contributed by atoms with Gasteiger partial charge >= 0.3 is 0 Å². The first-order chi connectivity index (χ1) is 7.95. The number of carbonyl (C=O) groups is 2. The summed E-state index contributed by atoms with van der Waals surface area (Å²) in [5.74, 6) is -0.329. The first kappa shape index (κ1) is 11.4. The molecule has 0 aromatic heterocycles. The highest BCUT2D eigenvalue weighted by molar-refractivity contribution is 6.15. The summed E-state index contributed by atoms with van der Waals surface area (Å²) < 4.78 is 5.55. The lowest BCUT2D eigenvalue weighted by atomic mass is 10.0. The SMILES string of the molecule is CN(C)C(=O)C1(C)Oc2ccccc2NC1=O. The lowest BCUT2D eigenvalue weighted by Crippen LogP contribution is -2.58. The summed E-state index contributed by atoms with van der Waals surface area (Å²) in [6.07, 6.45) is 0. The van der Waals surface area contributed by atoms with Gasteiger partial charge < -0.3 is 15.0 Å². The zero-order valence-corrected chi connectivity index (χ0v) is 9.98. The van der Waals surface area contributed by atoms with E-state index in [4.69, 9.17) is 4.74 Å². The number of amides is 2. The molecule has 90 valence electrons. The fraction of sp³-hybridized carbons (Fsp3) is 0.333. The molecule has 0 bridgehead atoms. The van der Waals surface area contributed by atoms with Gasteiger partial charge in [0.2, 0.25) is 0 Å². The molecule has 17 heavy (non-hydrogen) atoms. The van der Waals surface area contributed by atoms with Gasteiger partial charge in [-0.05, 0) is 19.1 Å². The minimum Gasteiger partial charge on any atom is -0.466 e. The molecular formula is C12H14N2O3. The quantitative estimate of drug-likeness (QED) is 0.733. The summed E-state index contributed by atoms with van der Waals surface area (Å²) in [6.45, 7) is 1.47. The topological polar surface area (TPSA) is 58.6 Å². The highest BCUT2D eigenvalue weighted by atomic mass is 16.5. The summed E-state index contributed by atoms with van der Waals surface area (Å²) in [5.41, 5.74) is -0.917. The molecule has 1 aromatic carbocycles. The third-order valence-electron chi connectivity index (χ3n) is 2.70. The normalized spacial score (nSPS) is 22.2. The van der Waals surface area contributed by atoms with Gasteiger partial charge in [0.05, 0.1) is 5.69 Å². The number of rotatable bonds is 1. The van der Waals surface area contributed by atoms with Gasteiger partial charge in [-0.3, -0.25) is 9.59 Å². The van der Waals surface area contributed by atoms with Crippen molar-refractivity contribution in [1.29, 1.82) is 0 Å². The largest absolute Gasteiger partial charge is 0.466 e. The summed E-state index contributed by atoms with van der Waals surface area (Å²) in [4.78, 5) is 25.3. The van der Waals surface area contributed by atoms with Crippen LogP contribution in [0.1, 0.15) is 6.92 Å². The molecule has 0 spiro atoms. The number of likely N-dealkylation sites (N-methyl/N-ethyl adjacent to an activating group) is 1. The number of nitrogens with zero attached hydrogens (tertiary/aromatic N) is 1. The van der Waals surface area contributed by atoms with Crippen molar-refractivity contribution in [3.05, 3.63) is 24.3 Å². The molecule has 0 aliphatic carbocycles. The second-order valence-corrected chi connectivity index (χ2v) is 4.29. The van der Waals surface area contributed by atoms with Gasteiger partial charge in [0, 0.05) is 14.1 Å². The third-order valence-corrected chi connectivity index (χ3v) is 2.70. The van der Waals surface area contributed by atoms with Crippen LogP contribution in [0, 0.1) is 0 Å². The van der Waals surface area contributed by atoms with Crippen LogP contribution < -0.4 is 10.1 Å². The summed E-state index contributed by atoms with van der Waals surface area (Å²) in [5, 5.41) is 2.67. The predicted molar refractivity (Wildman–Crippen MR) is 62.8 cm³/mol. The fourth-order valence-electron chi connectivity index (χ4n) is 1.73. The molecule has 1 atom stereocenters. The van der Waals surface area contributed by atoms with Gasteiger partial charge in [0.1, 0.15) is 5.75 Å². The Kier molecular flexibility index (Phi) is 2.53. The first-order valence-electron chi connectivity index (χ1n) is 5.26. The molecule has 1 N–H and O–H groups in total. The monoisotopic (exact) mass is 234 g/mol. The van der Waals surface area contributed by atoms with Crippen LogP contribution in [0.25, 0.3) is 0 Å². The number of para-hydroxylation sites is 2. The number of hydrogen-bond acceptors (Lipinski definition) is 3.